The topological polar surface area (TPSA) is 86.7 Å². The third kappa shape index (κ3) is 3.85. The Hall–Kier alpha value is -3.15. The van der Waals surface area contributed by atoms with Gasteiger partial charge in [0, 0.05) is 24.3 Å². The zero-order chi connectivity index (χ0) is 17.8. The summed E-state index contributed by atoms with van der Waals surface area (Å²) in [5.74, 6) is -1.28. The van der Waals surface area contributed by atoms with E-state index in [1.165, 1.54) is 6.07 Å². The average Bonchev–Trinajstić information content (AvgIpc) is 3.01. The zero-order valence-corrected chi connectivity index (χ0v) is 13.6. The second-order valence-corrected chi connectivity index (χ2v) is 5.89. The molecule has 1 heterocycles. The van der Waals surface area contributed by atoms with Crippen molar-refractivity contribution in [2.45, 2.75) is 19.3 Å². The second kappa shape index (κ2) is 7.17. The maximum Gasteiger partial charge on any atom is 0.335 e. The van der Waals surface area contributed by atoms with Crippen LogP contribution in [0.5, 0.6) is 0 Å². The molecular weight excluding hydrogens is 320 g/mol. The van der Waals surface area contributed by atoms with Gasteiger partial charge < -0.3 is 15.3 Å². The quantitative estimate of drug-likeness (QED) is 0.877. The molecule has 0 unspecified atom stereocenters. The van der Waals surface area contributed by atoms with Gasteiger partial charge in [0.05, 0.1) is 12.0 Å². The maximum atomic E-state index is 12.3. The molecule has 0 spiro atoms. The van der Waals surface area contributed by atoms with Gasteiger partial charge in [0.2, 0.25) is 11.8 Å². The molecule has 6 heteroatoms. The molecule has 2 amide bonds. The Kier molecular flexibility index (Phi) is 4.79. The van der Waals surface area contributed by atoms with Crippen molar-refractivity contribution in [3.8, 4) is 0 Å². The molecule has 0 saturated carbocycles. The maximum absolute atomic E-state index is 12.3. The number of amides is 2. The fraction of sp³-hybridized carbons (Fsp3) is 0.211. The molecule has 1 aliphatic rings. The standard InChI is InChI=1S/C19H18N2O4/c22-17(11-13-5-1-2-8-16(13)19(24)25)20-14-6-3-7-15(12-14)21-10-4-9-18(21)23/h1-3,5-8,12H,4,9-11H2,(H,20,22)(H,24,25). The van der Waals surface area contributed by atoms with Crippen molar-refractivity contribution in [2.24, 2.45) is 0 Å². The molecule has 0 aliphatic carbocycles. The molecule has 2 aromatic carbocycles. The Labute approximate surface area is 145 Å². The highest BCUT2D eigenvalue weighted by atomic mass is 16.4. The number of rotatable bonds is 5. The molecular formula is C19H18N2O4. The fourth-order valence-corrected chi connectivity index (χ4v) is 2.93. The van der Waals surface area contributed by atoms with Crippen molar-refractivity contribution in [1.82, 2.24) is 0 Å². The summed E-state index contributed by atoms with van der Waals surface area (Å²) in [5, 5.41) is 11.9. The molecule has 6 nitrogen and oxygen atoms in total. The molecule has 0 atom stereocenters. The van der Waals surface area contributed by atoms with Crippen LogP contribution in [0.25, 0.3) is 0 Å². The Balaban J connectivity index is 1.71. The number of carbonyl (C=O) groups is 3. The van der Waals surface area contributed by atoms with Crippen molar-refractivity contribution in [3.63, 3.8) is 0 Å². The van der Waals surface area contributed by atoms with Gasteiger partial charge in [-0.25, -0.2) is 4.79 Å². The fourth-order valence-electron chi connectivity index (χ4n) is 2.93. The molecule has 128 valence electrons. The first-order valence-corrected chi connectivity index (χ1v) is 8.06. The molecule has 3 rings (SSSR count). The Morgan fingerprint density at radius 1 is 1.12 bits per heavy atom. The first-order valence-electron chi connectivity index (χ1n) is 8.06. The van der Waals surface area contributed by atoms with Crippen molar-refractivity contribution in [2.75, 3.05) is 16.8 Å². The first kappa shape index (κ1) is 16.7. The van der Waals surface area contributed by atoms with Crippen LogP contribution in [-0.4, -0.2) is 29.4 Å². The minimum Gasteiger partial charge on any atom is -0.478 e. The summed E-state index contributed by atoms with van der Waals surface area (Å²) in [4.78, 5) is 37.0. The summed E-state index contributed by atoms with van der Waals surface area (Å²) < 4.78 is 0. The van der Waals surface area contributed by atoms with Crippen molar-refractivity contribution < 1.29 is 19.5 Å². The number of hydrogen-bond donors (Lipinski definition) is 2. The van der Waals surface area contributed by atoms with E-state index in [1.807, 2.05) is 6.07 Å². The van der Waals surface area contributed by atoms with E-state index < -0.39 is 5.97 Å². The minimum absolute atomic E-state index is 0.0324. The monoisotopic (exact) mass is 338 g/mol. The number of carboxylic acids is 1. The molecule has 0 aromatic heterocycles. The van der Waals surface area contributed by atoms with Crippen LogP contribution < -0.4 is 10.2 Å². The van der Waals surface area contributed by atoms with Crippen LogP contribution in [0.3, 0.4) is 0 Å². The van der Waals surface area contributed by atoms with Gasteiger partial charge in [-0.1, -0.05) is 24.3 Å². The predicted octanol–water partition coefficient (Wildman–Crippen LogP) is 2.69. The Morgan fingerprint density at radius 2 is 1.92 bits per heavy atom. The van der Waals surface area contributed by atoms with Gasteiger partial charge in [-0.15, -0.1) is 0 Å². The molecule has 25 heavy (non-hydrogen) atoms. The predicted molar refractivity (Wildman–Crippen MR) is 93.8 cm³/mol. The van der Waals surface area contributed by atoms with E-state index in [1.54, 1.807) is 41.3 Å². The summed E-state index contributed by atoms with van der Waals surface area (Å²) in [6, 6.07) is 13.5. The smallest absolute Gasteiger partial charge is 0.335 e. The van der Waals surface area contributed by atoms with Gasteiger partial charge in [-0.3, -0.25) is 9.59 Å². The number of aromatic carboxylic acids is 1. The van der Waals surface area contributed by atoms with E-state index in [2.05, 4.69) is 5.32 Å². The SMILES string of the molecule is O=C(Cc1ccccc1C(=O)O)Nc1cccc(N2CCCC2=O)c1. The van der Waals surface area contributed by atoms with Gasteiger partial charge in [0.25, 0.3) is 0 Å². The van der Waals surface area contributed by atoms with Crippen LogP contribution in [0.4, 0.5) is 11.4 Å². The molecule has 2 N–H and O–H groups in total. The Morgan fingerprint density at radius 3 is 2.64 bits per heavy atom. The van der Waals surface area contributed by atoms with Crippen molar-refractivity contribution in [1.29, 1.82) is 0 Å². The third-order valence-electron chi connectivity index (χ3n) is 4.11. The molecule has 1 saturated heterocycles. The number of nitrogens with one attached hydrogen (secondary N) is 1. The number of nitrogens with zero attached hydrogens (tertiary/aromatic N) is 1. The number of carboxylic acid groups (broad SMARTS) is 1. The molecule has 0 bridgehead atoms. The summed E-state index contributed by atoms with van der Waals surface area (Å²) in [6.07, 6.45) is 1.35. The normalized spacial score (nSPS) is 13.8. The van der Waals surface area contributed by atoms with Gasteiger partial charge in [0.15, 0.2) is 0 Å². The zero-order valence-electron chi connectivity index (χ0n) is 13.6. The van der Waals surface area contributed by atoms with Crippen LogP contribution in [0.15, 0.2) is 48.5 Å². The van der Waals surface area contributed by atoms with E-state index in [-0.39, 0.29) is 23.8 Å². The largest absolute Gasteiger partial charge is 0.478 e. The lowest BCUT2D eigenvalue weighted by Crippen LogP contribution is -2.24. The molecule has 1 fully saturated rings. The highest BCUT2D eigenvalue weighted by Gasteiger charge is 2.22. The molecule has 1 aliphatic heterocycles. The summed E-state index contributed by atoms with van der Waals surface area (Å²) in [6.45, 7) is 0.683. The molecule has 2 aromatic rings. The van der Waals surface area contributed by atoms with E-state index >= 15 is 0 Å². The van der Waals surface area contributed by atoms with Crippen LogP contribution in [0.1, 0.15) is 28.8 Å². The van der Waals surface area contributed by atoms with E-state index in [4.69, 9.17) is 0 Å². The van der Waals surface area contributed by atoms with Crippen LogP contribution in [-0.2, 0) is 16.0 Å². The average molecular weight is 338 g/mol. The lowest BCUT2D eigenvalue weighted by molar-refractivity contribution is -0.117. The van der Waals surface area contributed by atoms with E-state index in [0.717, 1.165) is 12.1 Å². The van der Waals surface area contributed by atoms with Gasteiger partial charge in [-0.05, 0) is 36.2 Å². The lowest BCUT2D eigenvalue weighted by Gasteiger charge is -2.17. The first-order chi connectivity index (χ1) is 12.0. The summed E-state index contributed by atoms with van der Waals surface area (Å²) >= 11 is 0. The lowest BCUT2D eigenvalue weighted by atomic mass is 10.0. The number of carbonyl (C=O) groups excluding carboxylic acids is 2. The highest BCUT2D eigenvalue weighted by Crippen LogP contribution is 2.24. The highest BCUT2D eigenvalue weighted by molar-refractivity contribution is 5.98. The third-order valence-corrected chi connectivity index (χ3v) is 4.11. The van der Waals surface area contributed by atoms with Gasteiger partial charge in [-0.2, -0.15) is 0 Å². The summed E-state index contributed by atoms with van der Waals surface area (Å²) in [5.41, 5.74) is 1.91. The molecule has 0 radical (unpaired) electrons. The summed E-state index contributed by atoms with van der Waals surface area (Å²) in [7, 11) is 0. The Bertz CT molecular complexity index is 832. The van der Waals surface area contributed by atoms with Crippen LogP contribution in [0, 0.1) is 0 Å². The van der Waals surface area contributed by atoms with Gasteiger partial charge >= 0.3 is 5.97 Å². The van der Waals surface area contributed by atoms with E-state index in [9.17, 15) is 19.5 Å². The minimum atomic E-state index is -1.06. The number of benzene rings is 2. The van der Waals surface area contributed by atoms with E-state index in [0.29, 0.717) is 24.2 Å². The number of hydrogen-bond acceptors (Lipinski definition) is 3. The van der Waals surface area contributed by atoms with Crippen molar-refractivity contribution in [3.05, 3.63) is 59.7 Å². The second-order valence-electron chi connectivity index (χ2n) is 5.89. The van der Waals surface area contributed by atoms with Crippen LogP contribution in [0.2, 0.25) is 0 Å². The van der Waals surface area contributed by atoms with Gasteiger partial charge in [0.1, 0.15) is 0 Å². The van der Waals surface area contributed by atoms with Crippen LogP contribution >= 0.6 is 0 Å². The number of anilines is 2. The van der Waals surface area contributed by atoms with Crippen molar-refractivity contribution >= 4 is 29.2 Å².